The fourth-order valence-corrected chi connectivity index (χ4v) is 1.39. The zero-order valence-corrected chi connectivity index (χ0v) is 7.07. The molecule has 0 radical (unpaired) electrons. The van der Waals surface area contributed by atoms with Crippen LogP contribution in [0.5, 0.6) is 0 Å². The number of rotatable bonds is 3. The molecule has 0 amide bonds. The van der Waals surface area contributed by atoms with E-state index in [9.17, 15) is 9.18 Å². The Labute approximate surface area is 72.9 Å². The molecule has 12 heavy (non-hydrogen) atoms. The first-order valence-corrected chi connectivity index (χ1v) is 4.19. The van der Waals surface area contributed by atoms with E-state index in [0.29, 0.717) is 10.6 Å². The van der Waals surface area contributed by atoms with Crippen LogP contribution in [0.15, 0.2) is 11.4 Å². The van der Waals surface area contributed by atoms with Gasteiger partial charge in [-0.25, -0.2) is 9.18 Å². The number of halogens is 1. The second-order valence-electron chi connectivity index (χ2n) is 2.03. The first-order valence-electron chi connectivity index (χ1n) is 3.31. The lowest BCUT2D eigenvalue weighted by Gasteiger charge is -1.99. The molecule has 0 aliphatic heterocycles. The SMILES string of the molecule is Nc1ccsc1C(=O)OCCF. The Balaban J connectivity index is 2.59. The molecule has 0 aliphatic carbocycles. The lowest BCUT2D eigenvalue weighted by Crippen LogP contribution is -2.07. The van der Waals surface area contributed by atoms with E-state index in [-0.39, 0.29) is 6.61 Å². The lowest BCUT2D eigenvalue weighted by molar-refractivity contribution is 0.0488. The fourth-order valence-electron chi connectivity index (χ4n) is 0.682. The summed E-state index contributed by atoms with van der Waals surface area (Å²) in [5.41, 5.74) is 5.81. The third-order valence-electron chi connectivity index (χ3n) is 1.19. The van der Waals surface area contributed by atoms with Crippen LogP contribution in [0.2, 0.25) is 0 Å². The molecular weight excluding hydrogens is 181 g/mol. The maximum Gasteiger partial charge on any atom is 0.350 e. The van der Waals surface area contributed by atoms with Gasteiger partial charge in [-0.1, -0.05) is 0 Å². The second kappa shape index (κ2) is 4.06. The highest BCUT2D eigenvalue weighted by Gasteiger charge is 2.11. The van der Waals surface area contributed by atoms with Crippen molar-refractivity contribution in [1.82, 2.24) is 0 Å². The summed E-state index contributed by atoms with van der Waals surface area (Å²) in [5, 5.41) is 1.68. The average Bonchev–Trinajstić information content (AvgIpc) is 2.47. The Morgan fingerprint density at radius 1 is 1.75 bits per heavy atom. The summed E-state index contributed by atoms with van der Waals surface area (Å²) in [4.78, 5) is 11.4. The molecule has 0 unspecified atom stereocenters. The Morgan fingerprint density at radius 2 is 2.50 bits per heavy atom. The molecule has 0 spiro atoms. The number of hydrogen-bond donors (Lipinski definition) is 1. The summed E-state index contributed by atoms with van der Waals surface area (Å²) < 4.78 is 16.1. The summed E-state index contributed by atoms with van der Waals surface area (Å²) in [5.74, 6) is -0.555. The zero-order chi connectivity index (χ0) is 8.97. The van der Waals surface area contributed by atoms with Crippen molar-refractivity contribution >= 4 is 23.0 Å². The molecule has 0 aliphatic rings. The summed E-state index contributed by atoms with van der Waals surface area (Å²) >= 11 is 1.19. The lowest BCUT2D eigenvalue weighted by atomic mass is 10.4. The van der Waals surface area contributed by atoms with Gasteiger partial charge >= 0.3 is 5.97 Å². The molecule has 0 bridgehead atoms. The van der Waals surface area contributed by atoms with Gasteiger partial charge in [0.25, 0.3) is 0 Å². The molecule has 1 aromatic rings. The van der Waals surface area contributed by atoms with Gasteiger partial charge < -0.3 is 10.5 Å². The van der Waals surface area contributed by atoms with E-state index in [1.165, 1.54) is 11.3 Å². The van der Waals surface area contributed by atoms with E-state index in [2.05, 4.69) is 4.74 Å². The highest BCUT2D eigenvalue weighted by Crippen LogP contribution is 2.19. The van der Waals surface area contributed by atoms with E-state index < -0.39 is 12.6 Å². The van der Waals surface area contributed by atoms with Crippen LogP contribution < -0.4 is 5.73 Å². The molecular formula is C7H8FNO2S. The monoisotopic (exact) mass is 189 g/mol. The Kier molecular flexibility index (Phi) is 3.04. The largest absolute Gasteiger partial charge is 0.459 e. The number of carbonyl (C=O) groups is 1. The quantitative estimate of drug-likeness (QED) is 0.732. The number of nitrogens with two attached hydrogens (primary N) is 1. The number of esters is 1. The molecule has 3 nitrogen and oxygen atoms in total. The smallest absolute Gasteiger partial charge is 0.350 e. The van der Waals surface area contributed by atoms with Crippen LogP contribution in [0.1, 0.15) is 9.67 Å². The van der Waals surface area contributed by atoms with Gasteiger partial charge in [-0.2, -0.15) is 0 Å². The van der Waals surface area contributed by atoms with Crippen molar-refractivity contribution in [3.05, 3.63) is 16.3 Å². The molecule has 5 heteroatoms. The molecule has 1 rings (SSSR count). The molecule has 1 aromatic heterocycles. The minimum Gasteiger partial charge on any atom is -0.459 e. The molecule has 0 saturated heterocycles. The number of carbonyl (C=O) groups excluding carboxylic acids is 1. The Bertz CT molecular complexity index is 274. The van der Waals surface area contributed by atoms with Gasteiger partial charge in [0.2, 0.25) is 0 Å². The van der Waals surface area contributed by atoms with Crippen LogP contribution in [-0.2, 0) is 4.74 Å². The van der Waals surface area contributed by atoms with Gasteiger partial charge in [0.15, 0.2) is 0 Å². The summed E-state index contributed by atoms with van der Waals surface area (Å²) in [6, 6.07) is 1.61. The van der Waals surface area contributed by atoms with Gasteiger partial charge in [0, 0.05) is 0 Å². The zero-order valence-electron chi connectivity index (χ0n) is 6.25. The minimum absolute atomic E-state index is 0.212. The average molecular weight is 189 g/mol. The first-order chi connectivity index (χ1) is 5.75. The number of nitrogen functional groups attached to an aromatic ring is 1. The molecule has 0 aromatic carbocycles. The number of alkyl halides is 1. The molecule has 0 fully saturated rings. The number of thiophene rings is 1. The van der Waals surface area contributed by atoms with Crippen molar-refractivity contribution in [2.24, 2.45) is 0 Å². The molecule has 0 atom stereocenters. The normalized spacial score (nSPS) is 9.75. The minimum atomic E-state index is -0.670. The summed E-state index contributed by atoms with van der Waals surface area (Å²) in [6.45, 7) is -0.882. The van der Waals surface area contributed by atoms with Crippen molar-refractivity contribution in [3.8, 4) is 0 Å². The van der Waals surface area contributed by atoms with Crippen LogP contribution in [-0.4, -0.2) is 19.3 Å². The molecule has 0 saturated carbocycles. The van der Waals surface area contributed by atoms with E-state index in [1.807, 2.05) is 0 Å². The third kappa shape index (κ3) is 1.94. The van der Waals surface area contributed by atoms with Crippen LogP contribution in [0.3, 0.4) is 0 Å². The predicted molar refractivity (Wildman–Crippen MR) is 45.0 cm³/mol. The standard InChI is InChI=1S/C7H8FNO2S/c8-2-3-11-7(10)6-5(9)1-4-12-6/h1,4H,2-3,9H2. The first kappa shape index (κ1) is 8.99. The van der Waals surface area contributed by atoms with Crippen LogP contribution in [0, 0.1) is 0 Å². The fraction of sp³-hybridized carbons (Fsp3) is 0.286. The van der Waals surface area contributed by atoms with Crippen molar-refractivity contribution in [3.63, 3.8) is 0 Å². The van der Waals surface area contributed by atoms with Gasteiger partial charge in [-0.3, -0.25) is 0 Å². The summed E-state index contributed by atoms with van der Waals surface area (Å²) in [6.07, 6.45) is 0. The molecule has 66 valence electrons. The van der Waals surface area contributed by atoms with E-state index in [4.69, 9.17) is 5.73 Å². The highest BCUT2D eigenvalue weighted by molar-refractivity contribution is 7.12. The van der Waals surface area contributed by atoms with Crippen molar-refractivity contribution in [2.45, 2.75) is 0 Å². The van der Waals surface area contributed by atoms with Gasteiger partial charge in [0.1, 0.15) is 18.2 Å². The predicted octanol–water partition coefficient (Wildman–Crippen LogP) is 1.46. The second-order valence-corrected chi connectivity index (χ2v) is 2.95. The third-order valence-corrected chi connectivity index (χ3v) is 2.10. The van der Waals surface area contributed by atoms with Crippen molar-refractivity contribution < 1.29 is 13.9 Å². The Hall–Kier alpha value is -1.10. The van der Waals surface area contributed by atoms with Crippen LogP contribution in [0.4, 0.5) is 10.1 Å². The van der Waals surface area contributed by atoms with Gasteiger partial charge in [0.05, 0.1) is 5.69 Å². The molecule has 2 N–H and O–H groups in total. The maximum atomic E-state index is 11.6. The van der Waals surface area contributed by atoms with Gasteiger partial charge in [-0.05, 0) is 11.4 Å². The number of anilines is 1. The maximum absolute atomic E-state index is 11.6. The highest BCUT2D eigenvalue weighted by atomic mass is 32.1. The topological polar surface area (TPSA) is 52.3 Å². The number of hydrogen-bond acceptors (Lipinski definition) is 4. The summed E-state index contributed by atoms with van der Waals surface area (Å²) in [7, 11) is 0. The van der Waals surface area contributed by atoms with Crippen LogP contribution in [0.25, 0.3) is 0 Å². The van der Waals surface area contributed by atoms with E-state index in [1.54, 1.807) is 11.4 Å². The molecule has 1 heterocycles. The van der Waals surface area contributed by atoms with Crippen molar-refractivity contribution in [1.29, 1.82) is 0 Å². The van der Waals surface area contributed by atoms with E-state index >= 15 is 0 Å². The number of ether oxygens (including phenoxy) is 1. The Morgan fingerprint density at radius 3 is 3.00 bits per heavy atom. The van der Waals surface area contributed by atoms with E-state index in [0.717, 1.165) is 0 Å². The van der Waals surface area contributed by atoms with Crippen LogP contribution >= 0.6 is 11.3 Å². The van der Waals surface area contributed by atoms with Crippen molar-refractivity contribution in [2.75, 3.05) is 19.0 Å². The van der Waals surface area contributed by atoms with Gasteiger partial charge in [-0.15, -0.1) is 11.3 Å².